The molecule has 0 aliphatic heterocycles. The summed E-state index contributed by atoms with van der Waals surface area (Å²) in [4.78, 5) is 11.0. The van der Waals surface area contributed by atoms with Gasteiger partial charge in [-0.2, -0.15) is 5.26 Å². The molecule has 0 radical (unpaired) electrons. The van der Waals surface area contributed by atoms with Gasteiger partial charge in [0.05, 0.1) is 19.0 Å². The molecular weight excluding hydrogens is 154 g/mol. The summed E-state index contributed by atoms with van der Waals surface area (Å²) < 4.78 is 0. The van der Waals surface area contributed by atoms with E-state index in [1.165, 1.54) is 0 Å². The summed E-state index contributed by atoms with van der Waals surface area (Å²) in [5.74, 6) is -0.0559. The van der Waals surface area contributed by atoms with Crippen LogP contribution in [0.5, 0.6) is 0 Å². The Kier molecular flexibility index (Phi) is 6.02. The number of rotatable bonds is 5. The van der Waals surface area contributed by atoms with Crippen LogP contribution in [-0.2, 0) is 4.79 Å². The molecule has 4 nitrogen and oxygen atoms in total. The van der Waals surface area contributed by atoms with E-state index in [4.69, 9.17) is 5.26 Å². The number of amides is 1. The Balaban J connectivity index is 3.48. The topological polar surface area (TPSA) is 64.9 Å². The molecule has 1 atom stereocenters. The molecule has 1 amide bonds. The van der Waals surface area contributed by atoms with E-state index < -0.39 is 0 Å². The van der Waals surface area contributed by atoms with Gasteiger partial charge in [-0.1, -0.05) is 6.92 Å². The minimum absolute atomic E-state index is 0.0545. The molecule has 0 aromatic heterocycles. The average molecular weight is 169 g/mol. The Hall–Kier alpha value is -1.08. The third kappa shape index (κ3) is 5.69. The summed E-state index contributed by atoms with van der Waals surface area (Å²) in [5, 5.41) is 13.9. The van der Waals surface area contributed by atoms with E-state index in [2.05, 4.69) is 10.6 Å². The van der Waals surface area contributed by atoms with E-state index in [1.807, 2.05) is 19.9 Å². The molecule has 2 N–H and O–H groups in total. The normalized spacial score (nSPS) is 11.8. The molecule has 0 aliphatic carbocycles. The summed E-state index contributed by atoms with van der Waals surface area (Å²) in [5.41, 5.74) is 0. The van der Waals surface area contributed by atoms with Gasteiger partial charge < -0.3 is 10.6 Å². The zero-order chi connectivity index (χ0) is 9.40. The van der Waals surface area contributed by atoms with Gasteiger partial charge in [-0.15, -0.1) is 0 Å². The van der Waals surface area contributed by atoms with Crippen LogP contribution in [0.1, 0.15) is 20.3 Å². The first-order valence-electron chi connectivity index (χ1n) is 4.07. The number of nitrogens with one attached hydrogen (secondary N) is 2. The van der Waals surface area contributed by atoms with Crippen LogP contribution < -0.4 is 10.6 Å². The van der Waals surface area contributed by atoms with Crippen LogP contribution in [0.2, 0.25) is 0 Å². The van der Waals surface area contributed by atoms with Crippen molar-refractivity contribution in [3.63, 3.8) is 0 Å². The fourth-order valence-corrected chi connectivity index (χ4v) is 0.752. The fourth-order valence-electron chi connectivity index (χ4n) is 0.752. The van der Waals surface area contributed by atoms with Gasteiger partial charge in [-0.3, -0.25) is 4.79 Å². The highest BCUT2D eigenvalue weighted by molar-refractivity contribution is 5.78. The summed E-state index contributed by atoms with van der Waals surface area (Å²) in [7, 11) is 0. The van der Waals surface area contributed by atoms with Gasteiger partial charge in [0, 0.05) is 6.04 Å². The van der Waals surface area contributed by atoms with Crippen LogP contribution in [0, 0.1) is 11.3 Å². The van der Waals surface area contributed by atoms with Crippen LogP contribution in [0.3, 0.4) is 0 Å². The first-order valence-corrected chi connectivity index (χ1v) is 4.07. The average Bonchev–Trinajstić information content (AvgIpc) is 2.01. The molecule has 0 fully saturated rings. The SMILES string of the molecule is CCNCC(=O)NC(C)CC#N. The predicted octanol–water partition coefficient (Wildman–Crippen LogP) is 0.0143. The standard InChI is InChI=1S/C8H15N3O/c1-3-10-6-8(12)11-7(2)4-5-9/h7,10H,3-4,6H2,1-2H3,(H,11,12). The van der Waals surface area contributed by atoms with Gasteiger partial charge in [0.25, 0.3) is 0 Å². The van der Waals surface area contributed by atoms with Crippen molar-refractivity contribution in [2.45, 2.75) is 26.3 Å². The second-order valence-corrected chi connectivity index (χ2v) is 2.61. The molecule has 4 heteroatoms. The fraction of sp³-hybridized carbons (Fsp3) is 0.750. The van der Waals surface area contributed by atoms with Crippen molar-refractivity contribution >= 4 is 5.91 Å². The molecule has 0 spiro atoms. The number of hydrogen-bond acceptors (Lipinski definition) is 3. The molecule has 0 rings (SSSR count). The predicted molar refractivity (Wildman–Crippen MR) is 46.4 cm³/mol. The van der Waals surface area contributed by atoms with E-state index >= 15 is 0 Å². The first-order chi connectivity index (χ1) is 5.70. The van der Waals surface area contributed by atoms with Crippen molar-refractivity contribution in [1.82, 2.24) is 10.6 Å². The van der Waals surface area contributed by atoms with Crippen LogP contribution in [0.25, 0.3) is 0 Å². The molecule has 0 aromatic carbocycles. The number of nitrogens with zero attached hydrogens (tertiary/aromatic N) is 1. The van der Waals surface area contributed by atoms with Gasteiger partial charge in [0.1, 0.15) is 0 Å². The largest absolute Gasteiger partial charge is 0.352 e. The van der Waals surface area contributed by atoms with Crippen molar-refractivity contribution in [1.29, 1.82) is 5.26 Å². The van der Waals surface area contributed by atoms with Crippen molar-refractivity contribution < 1.29 is 4.79 Å². The zero-order valence-corrected chi connectivity index (χ0v) is 7.55. The minimum Gasteiger partial charge on any atom is -0.352 e. The van der Waals surface area contributed by atoms with E-state index in [0.29, 0.717) is 13.0 Å². The monoisotopic (exact) mass is 169 g/mol. The second kappa shape index (κ2) is 6.62. The summed E-state index contributed by atoms with van der Waals surface area (Å²) in [6, 6.07) is 1.94. The highest BCUT2D eigenvalue weighted by Gasteiger charge is 2.04. The van der Waals surface area contributed by atoms with E-state index in [0.717, 1.165) is 6.54 Å². The summed E-state index contributed by atoms with van der Waals surface area (Å²) in [6.45, 7) is 4.85. The first kappa shape index (κ1) is 10.9. The molecule has 12 heavy (non-hydrogen) atoms. The number of carbonyl (C=O) groups is 1. The molecule has 0 aromatic rings. The highest BCUT2D eigenvalue weighted by Crippen LogP contribution is 1.86. The van der Waals surface area contributed by atoms with Crippen molar-refractivity contribution in [3.8, 4) is 6.07 Å². The van der Waals surface area contributed by atoms with Crippen molar-refractivity contribution in [3.05, 3.63) is 0 Å². The third-order valence-corrected chi connectivity index (χ3v) is 1.34. The molecule has 0 heterocycles. The maximum absolute atomic E-state index is 11.0. The van der Waals surface area contributed by atoms with E-state index in [-0.39, 0.29) is 11.9 Å². The number of nitriles is 1. The van der Waals surface area contributed by atoms with Crippen LogP contribution in [-0.4, -0.2) is 25.0 Å². The Morgan fingerprint density at radius 3 is 2.83 bits per heavy atom. The lowest BCUT2D eigenvalue weighted by Gasteiger charge is -2.09. The summed E-state index contributed by atoms with van der Waals surface area (Å²) >= 11 is 0. The van der Waals surface area contributed by atoms with E-state index in [9.17, 15) is 4.79 Å². The van der Waals surface area contributed by atoms with Gasteiger partial charge in [-0.25, -0.2) is 0 Å². The number of hydrogen-bond donors (Lipinski definition) is 2. The molecule has 0 saturated carbocycles. The number of carbonyl (C=O) groups excluding carboxylic acids is 1. The van der Waals surface area contributed by atoms with Gasteiger partial charge >= 0.3 is 0 Å². The zero-order valence-electron chi connectivity index (χ0n) is 7.55. The smallest absolute Gasteiger partial charge is 0.234 e. The molecule has 0 aliphatic rings. The summed E-state index contributed by atoms with van der Waals surface area (Å²) in [6.07, 6.45) is 0.359. The van der Waals surface area contributed by atoms with Gasteiger partial charge in [0.15, 0.2) is 0 Å². The minimum atomic E-state index is -0.0559. The maximum Gasteiger partial charge on any atom is 0.234 e. The Labute approximate surface area is 72.9 Å². The second-order valence-electron chi connectivity index (χ2n) is 2.61. The molecular formula is C8H15N3O. The lowest BCUT2D eigenvalue weighted by atomic mass is 10.2. The lowest BCUT2D eigenvalue weighted by Crippen LogP contribution is -2.38. The molecule has 0 saturated heterocycles. The Morgan fingerprint density at radius 2 is 2.33 bits per heavy atom. The van der Waals surface area contributed by atoms with Crippen LogP contribution in [0.4, 0.5) is 0 Å². The Bertz CT molecular complexity index is 174. The molecule has 0 bridgehead atoms. The van der Waals surface area contributed by atoms with Gasteiger partial charge in [-0.05, 0) is 13.5 Å². The number of likely N-dealkylation sites (N-methyl/N-ethyl adjacent to an activating group) is 1. The third-order valence-electron chi connectivity index (χ3n) is 1.34. The highest BCUT2D eigenvalue weighted by atomic mass is 16.1. The van der Waals surface area contributed by atoms with E-state index in [1.54, 1.807) is 0 Å². The van der Waals surface area contributed by atoms with Crippen molar-refractivity contribution in [2.75, 3.05) is 13.1 Å². The lowest BCUT2D eigenvalue weighted by molar-refractivity contribution is -0.120. The molecule has 68 valence electrons. The van der Waals surface area contributed by atoms with Crippen LogP contribution in [0.15, 0.2) is 0 Å². The van der Waals surface area contributed by atoms with Crippen LogP contribution >= 0.6 is 0 Å². The van der Waals surface area contributed by atoms with Gasteiger partial charge in [0.2, 0.25) is 5.91 Å². The molecule has 1 unspecified atom stereocenters. The van der Waals surface area contributed by atoms with Crippen molar-refractivity contribution in [2.24, 2.45) is 0 Å². The quantitative estimate of drug-likeness (QED) is 0.609. The Morgan fingerprint density at radius 1 is 1.67 bits per heavy atom. The maximum atomic E-state index is 11.0.